The normalized spacial score (nSPS) is 21.8. The Balaban J connectivity index is 1.44. The number of rotatable bonds is 10. The number of hydrogen-bond acceptors (Lipinski definition) is 9. The molecule has 1 aliphatic heterocycles. The first-order valence-corrected chi connectivity index (χ1v) is 12.9. The van der Waals surface area contributed by atoms with Crippen molar-refractivity contribution in [2.24, 2.45) is 0 Å². The Morgan fingerprint density at radius 1 is 1.31 bits per heavy atom. The predicted octanol–water partition coefficient (Wildman–Crippen LogP) is 3.67. The minimum absolute atomic E-state index is 0.0275. The van der Waals surface area contributed by atoms with Crippen LogP contribution in [0.1, 0.15) is 45.4 Å². The quantitative estimate of drug-likeness (QED) is 0.311. The fraction of sp³-hybridized carbons (Fsp3) is 0.435. The lowest BCUT2D eigenvalue weighted by atomic mass is 10.0. The molecular formula is C23H30N5O6P. The molecule has 0 amide bonds. The summed E-state index contributed by atoms with van der Waals surface area (Å²) in [4.78, 5) is 16.0. The van der Waals surface area contributed by atoms with Crippen LogP contribution in [-0.2, 0) is 23.4 Å². The number of nitrogens with two attached hydrogens (primary N) is 1. The zero-order valence-electron chi connectivity index (χ0n) is 19.9. The summed E-state index contributed by atoms with van der Waals surface area (Å²) in [5.74, 6) is 0.162. The smallest absolute Gasteiger partial charge is 0.459 e. The Morgan fingerprint density at radius 3 is 2.83 bits per heavy atom. The van der Waals surface area contributed by atoms with Gasteiger partial charge in [0.15, 0.2) is 5.82 Å². The molecule has 188 valence electrons. The number of benzene rings is 1. The van der Waals surface area contributed by atoms with Crippen molar-refractivity contribution in [1.29, 1.82) is 0 Å². The van der Waals surface area contributed by atoms with E-state index in [2.05, 4.69) is 15.2 Å². The van der Waals surface area contributed by atoms with E-state index in [1.807, 2.05) is 25.1 Å². The number of para-hydroxylation sites is 1. The van der Waals surface area contributed by atoms with Gasteiger partial charge >= 0.3 is 13.7 Å². The highest BCUT2D eigenvalue weighted by atomic mass is 31.2. The van der Waals surface area contributed by atoms with Crippen LogP contribution in [0, 0.1) is 0 Å². The van der Waals surface area contributed by atoms with Crippen molar-refractivity contribution < 1.29 is 27.9 Å². The first-order chi connectivity index (χ1) is 16.7. The van der Waals surface area contributed by atoms with Crippen molar-refractivity contribution in [3.8, 4) is 5.75 Å². The van der Waals surface area contributed by atoms with Crippen LogP contribution in [0.2, 0.25) is 0 Å². The zero-order valence-corrected chi connectivity index (χ0v) is 20.8. The van der Waals surface area contributed by atoms with E-state index in [-0.39, 0.29) is 25.4 Å². The van der Waals surface area contributed by atoms with Gasteiger partial charge in [-0.05, 0) is 57.9 Å². The Hall–Kier alpha value is -2.98. The number of nitrogens with one attached hydrogen (secondary N) is 1. The first-order valence-electron chi connectivity index (χ1n) is 11.4. The van der Waals surface area contributed by atoms with Gasteiger partial charge in [0.05, 0.1) is 24.0 Å². The summed E-state index contributed by atoms with van der Waals surface area (Å²) < 4.78 is 38.1. The second kappa shape index (κ2) is 10.3. The van der Waals surface area contributed by atoms with Crippen LogP contribution < -0.4 is 15.3 Å². The van der Waals surface area contributed by atoms with Crippen LogP contribution in [0.15, 0.2) is 48.8 Å². The minimum atomic E-state index is -3.93. The van der Waals surface area contributed by atoms with Crippen molar-refractivity contribution in [2.45, 2.75) is 51.4 Å². The van der Waals surface area contributed by atoms with E-state index in [0.29, 0.717) is 29.9 Å². The number of anilines is 1. The van der Waals surface area contributed by atoms with Gasteiger partial charge in [-0.2, -0.15) is 5.10 Å². The van der Waals surface area contributed by atoms with E-state index in [9.17, 15) is 9.36 Å². The first kappa shape index (κ1) is 25.1. The number of carbonyl (C=O) groups excluding carboxylic acids is 1. The third-order valence-electron chi connectivity index (χ3n) is 5.50. The maximum atomic E-state index is 13.5. The number of nitrogen functional groups attached to an aromatic ring is 1. The largest absolute Gasteiger partial charge is 0.462 e. The Labute approximate surface area is 203 Å². The Bertz CT molecular complexity index is 1220. The third-order valence-corrected chi connectivity index (χ3v) is 6.96. The van der Waals surface area contributed by atoms with Crippen molar-refractivity contribution in [1.82, 2.24) is 19.7 Å². The van der Waals surface area contributed by atoms with Gasteiger partial charge in [-0.15, -0.1) is 0 Å². The Morgan fingerprint density at radius 2 is 2.09 bits per heavy atom. The van der Waals surface area contributed by atoms with E-state index in [0.717, 1.165) is 5.69 Å². The molecule has 0 saturated carbocycles. The van der Waals surface area contributed by atoms with Gasteiger partial charge < -0.3 is 19.7 Å². The lowest BCUT2D eigenvalue weighted by molar-refractivity contribution is -0.146. The molecule has 1 aromatic carbocycles. The molecule has 0 radical (unpaired) electrons. The second-order valence-corrected chi connectivity index (χ2v) is 10.6. The number of carbonyl (C=O) groups is 1. The predicted molar refractivity (Wildman–Crippen MR) is 129 cm³/mol. The minimum Gasteiger partial charge on any atom is -0.462 e. The molecule has 1 fully saturated rings. The molecule has 1 aliphatic rings. The molecule has 4 rings (SSSR count). The molecule has 3 atom stereocenters. The lowest BCUT2D eigenvalue weighted by Crippen LogP contribution is -2.33. The van der Waals surface area contributed by atoms with Crippen molar-refractivity contribution >= 4 is 25.1 Å². The van der Waals surface area contributed by atoms with Crippen LogP contribution >= 0.6 is 7.75 Å². The van der Waals surface area contributed by atoms with Crippen LogP contribution in [0.4, 0.5) is 5.82 Å². The fourth-order valence-corrected chi connectivity index (χ4v) is 5.21. The molecule has 3 aromatic rings. The molecule has 1 unspecified atom stereocenters. The molecule has 0 spiro atoms. The topological polar surface area (TPSA) is 139 Å². The summed E-state index contributed by atoms with van der Waals surface area (Å²) in [5, 5.41) is 6.89. The zero-order chi connectivity index (χ0) is 25.1. The van der Waals surface area contributed by atoms with Gasteiger partial charge in [0, 0.05) is 0 Å². The highest BCUT2D eigenvalue weighted by molar-refractivity contribution is 7.52. The highest BCUT2D eigenvalue weighted by Gasteiger charge is 2.41. The maximum absolute atomic E-state index is 13.5. The molecule has 2 aromatic heterocycles. The van der Waals surface area contributed by atoms with Crippen molar-refractivity contribution in [2.75, 3.05) is 18.9 Å². The van der Waals surface area contributed by atoms with Gasteiger partial charge in [-0.25, -0.2) is 19.2 Å². The number of fused-ring (bicyclic) bond motifs is 1. The average molecular weight is 503 g/mol. The second-order valence-electron chi connectivity index (χ2n) is 8.84. The molecule has 11 nitrogen and oxygen atoms in total. The number of hydrogen-bond donors (Lipinski definition) is 2. The van der Waals surface area contributed by atoms with Gasteiger partial charge in [-0.1, -0.05) is 18.2 Å². The summed E-state index contributed by atoms with van der Waals surface area (Å²) >= 11 is 0. The monoisotopic (exact) mass is 503 g/mol. The van der Waals surface area contributed by atoms with E-state index in [4.69, 9.17) is 24.3 Å². The molecule has 3 N–H and O–H groups in total. The number of ether oxygens (including phenoxy) is 2. The number of nitrogens with zero attached hydrogens (tertiary/aromatic N) is 3. The van der Waals surface area contributed by atoms with Gasteiger partial charge in [0.1, 0.15) is 30.2 Å². The molecule has 0 bridgehead atoms. The summed E-state index contributed by atoms with van der Waals surface area (Å²) in [6.45, 7) is 4.99. The van der Waals surface area contributed by atoms with Crippen LogP contribution in [-0.4, -0.2) is 45.4 Å². The van der Waals surface area contributed by atoms with E-state index in [1.165, 1.54) is 6.33 Å². The maximum Gasteiger partial charge on any atom is 0.459 e. The van der Waals surface area contributed by atoms with Crippen molar-refractivity contribution in [3.63, 3.8) is 0 Å². The highest BCUT2D eigenvalue weighted by Crippen LogP contribution is 2.47. The average Bonchev–Trinajstić information content (AvgIpc) is 3.42. The fourth-order valence-electron chi connectivity index (χ4n) is 3.84. The Kier molecular flexibility index (Phi) is 7.42. The standard InChI is InChI=1S/C23H30N5O6P/c1-16(2)32-21(29)13-27-35(30,34-17-7-5-4-6-8-17)31-14-23(3)12-11-20(33-23)18-9-10-19-22(24)25-15-26-28(18)19/h4-10,15-16,20H,11-14H2,1-3H3,(H,27,30)(H2,24,25,26)/t20?,23-,35-/m0/s1. The van der Waals surface area contributed by atoms with Gasteiger partial charge in [0.2, 0.25) is 0 Å². The summed E-state index contributed by atoms with van der Waals surface area (Å²) in [6.07, 6.45) is 2.19. The molecule has 1 saturated heterocycles. The van der Waals surface area contributed by atoms with E-state index >= 15 is 0 Å². The lowest BCUT2D eigenvalue weighted by Gasteiger charge is -2.27. The number of aromatic nitrogens is 3. The molecule has 0 aliphatic carbocycles. The van der Waals surface area contributed by atoms with Gasteiger partial charge in [-0.3, -0.25) is 9.32 Å². The van der Waals surface area contributed by atoms with Crippen LogP contribution in [0.25, 0.3) is 5.52 Å². The summed E-state index contributed by atoms with van der Waals surface area (Å²) in [7, 11) is -3.93. The third kappa shape index (κ3) is 6.18. The van der Waals surface area contributed by atoms with Crippen LogP contribution in [0.3, 0.4) is 0 Å². The number of esters is 1. The van der Waals surface area contributed by atoms with E-state index in [1.54, 1.807) is 42.6 Å². The van der Waals surface area contributed by atoms with Gasteiger partial charge in [0.25, 0.3) is 0 Å². The van der Waals surface area contributed by atoms with Crippen LogP contribution in [0.5, 0.6) is 5.75 Å². The molecular weight excluding hydrogens is 473 g/mol. The van der Waals surface area contributed by atoms with E-state index < -0.39 is 19.3 Å². The molecule has 12 heteroatoms. The van der Waals surface area contributed by atoms with Crippen molar-refractivity contribution in [3.05, 3.63) is 54.5 Å². The summed E-state index contributed by atoms with van der Waals surface area (Å²) in [5.41, 5.74) is 6.74. The summed E-state index contributed by atoms with van der Waals surface area (Å²) in [6, 6.07) is 12.4. The molecule has 35 heavy (non-hydrogen) atoms. The molecule has 3 heterocycles. The SMILES string of the molecule is CC(C)OC(=O)CN[P@](=O)(OC[C@]1(C)CCC(c2ccc3c(N)ncnn23)O1)Oc1ccccc1.